The molecule has 3 heteroatoms. The Morgan fingerprint density at radius 1 is 1.47 bits per heavy atom. The molecule has 4 atom stereocenters. The Balaban J connectivity index is 2.09. The molecule has 0 spiro atoms. The van der Waals surface area contributed by atoms with Crippen molar-refractivity contribution >= 4 is 0 Å². The van der Waals surface area contributed by atoms with Crippen molar-refractivity contribution in [1.29, 1.82) is 5.26 Å². The van der Waals surface area contributed by atoms with E-state index in [1.165, 1.54) is 6.42 Å². The summed E-state index contributed by atoms with van der Waals surface area (Å²) >= 11 is 0. The lowest BCUT2D eigenvalue weighted by molar-refractivity contribution is -0.0725. The molecule has 1 saturated carbocycles. The number of ether oxygens (including phenoxy) is 1. The minimum absolute atomic E-state index is 0.106. The van der Waals surface area contributed by atoms with Gasteiger partial charge in [-0.15, -0.1) is 0 Å². The third-order valence-corrected chi connectivity index (χ3v) is 4.57. The lowest BCUT2D eigenvalue weighted by Crippen LogP contribution is -2.45. The number of rotatable bonds is 3. The van der Waals surface area contributed by atoms with Crippen LogP contribution in [0.2, 0.25) is 0 Å². The van der Waals surface area contributed by atoms with Crippen LogP contribution in [-0.2, 0) is 4.74 Å². The first-order valence-corrected chi connectivity index (χ1v) is 6.93. The van der Waals surface area contributed by atoms with E-state index in [1.54, 1.807) is 0 Å². The molecule has 0 bridgehead atoms. The molecule has 1 aliphatic heterocycles. The van der Waals surface area contributed by atoms with Crippen LogP contribution in [0.3, 0.4) is 0 Å². The van der Waals surface area contributed by atoms with Crippen LogP contribution in [0.4, 0.5) is 0 Å². The van der Waals surface area contributed by atoms with E-state index < -0.39 is 11.5 Å². The van der Waals surface area contributed by atoms with Crippen LogP contribution >= 0.6 is 0 Å². The Morgan fingerprint density at radius 3 is 2.88 bits per heavy atom. The molecule has 0 radical (unpaired) electrons. The molecular weight excluding hydrogens is 214 g/mol. The molecular formula is C14H23NO2. The van der Waals surface area contributed by atoms with Crippen molar-refractivity contribution in [3.63, 3.8) is 0 Å². The topological polar surface area (TPSA) is 53.2 Å². The average Bonchev–Trinajstić information content (AvgIpc) is 2.91. The molecule has 0 aromatic heterocycles. The summed E-state index contributed by atoms with van der Waals surface area (Å²) in [5.41, 5.74) is -0.548. The van der Waals surface area contributed by atoms with Crippen molar-refractivity contribution in [3.8, 4) is 6.07 Å². The third kappa shape index (κ3) is 2.48. The lowest BCUT2D eigenvalue weighted by Gasteiger charge is -2.40. The van der Waals surface area contributed by atoms with Gasteiger partial charge in [0, 0.05) is 6.61 Å². The van der Waals surface area contributed by atoms with E-state index in [2.05, 4.69) is 13.0 Å². The number of hydrogen-bond acceptors (Lipinski definition) is 3. The van der Waals surface area contributed by atoms with Crippen LogP contribution < -0.4 is 0 Å². The quantitative estimate of drug-likeness (QED) is 0.821. The van der Waals surface area contributed by atoms with Gasteiger partial charge in [0.1, 0.15) is 0 Å². The van der Waals surface area contributed by atoms with Crippen molar-refractivity contribution in [2.75, 3.05) is 6.61 Å². The molecule has 1 saturated heterocycles. The third-order valence-electron chi connectivity index (χ3n) is 4.57. The molecule has 3 nitrogen and oxygen atoms in total. The number of hydrogen-bond donors (Lipinski definition) is 1. The van der Waals surface area contributed by atoms with Gasteiger partial charge in [0.15, 0.2) is 0 Å². The maximum Gasteiger partial charge on any atom is 0.0987 e. The van der Waals surface area contributed by atoms with Crippen LogP contribution in [0.25, 0.3) is 0 Å². The second-order valence-electron chi connectivity index (χ2n) is 5.63. The highest BCUT2D eigenvalue weighted by Gasteiger charge is 2.46. The Bertz CT molecular complexity index is 293. The fourth-order valence-corrected chi connectivity index (χ4v) is 3.42. The average molecular weight is 237 g/mol. The van der Waals surface area contributed by atoms with Gasteiger partial charge in [-0.1, -0.05) is 26.2 Å². The summed E-state index contributed by atoms with van der Waals surface area (Å²) in [5.74, 6) is 0.597. The summed E-state index contributed by atoms with van der Waals surface area (Å²) in [4.78, 5) is 0. The molecule has 2 aliphatic rings. The van der Waals surface area contributed by atoms with Crippen LogP contribution in [0.1, 0.15) is 51.9 Å². The van der Waals surface area contributed by atoms with Crippen molar-refractivity contribution in [1.82, 2.24) is 0 Å². The predicted molar refractivity (Wildman–Crippen MR) is 65.3 cm³/mol. The second-order valence-corrected chi connectivity index (χ2v) is 5.63. The number of nitriles is 1. The van der Waals surface area contributed by atoms with Gasteiger partial charge >= 0.3 is 0 Å². The zero-order valence-corrected chi connectivity index (χ0v) is 10.7. The first kappa shape index (κ1) is 12.9. The first-order valence-electron chi connectivity index (χ1n) is 6.93. The summed E-state index contributed by atoms with van der Waals surface area (Å²) in [5, 5.41) is 20.0. The van der Waals surface area contributed by atoms with E-state index >= 15 is 0 Å². The van der Waals surface area contributed by atoms with Crippen molar-refractivity contribution in [3.05, 3.63) is 0 Å². The minimum atomic E-state index is -0.593. The molecule has 0 amide bonds. The van der Waals surface area contributed by atoms with Crippen LogP contribution in [0.5, 0.6) is 0 Å². The maximum absolute atomic E-state index is 10.5. The monoisotopic (exact) mass is 237 g/mol. The molecule has 0 aromatic carbocycles. The SMILES string of the molecule is CCC1CCCC(C#N)(C(O)C2CCCO2)C1. The Labute approximate surface area is 104 Å². The van der Waals surface area contributed by atoms with Crippen molar-refractivity contribution in [2.45, 2.75) is 64.1 Å². The van der Waals surface area contributed by atoms with Gasteiger partial charge in [0.25, 0.3) is 0 Å². The first-order chi connectivity index (χ1) is 8.22. The fraction of sp³-hybridized carbons (Fsp3) is 0.929. The Hall–Kier alpha value is -0.590. The predicted octanol–water partition coefficient (Wildman–Crippen LogP) is 2.64. The van der Waals surface area contributed by atoms with Gasteiger partial charge in [0.2, 0.25) is 0 Å². The van der Waals surface area contributed by atoms with Gasteiger partial charge in [-0.05, 0) is 31.6 Å². The van der Waals surface area contributed by atoms with E-state index in [0.29, 0.717) is 5.92 Å². The standard InChI is InChI=1S/C14H23NO2/c1-2-11-5-3-7-14(9-11,10-15)13(16)12-6-4-8-17-12/h11-13,16H,2-9H2,1H3. The van der Waals surface area contributed by atoms with Gasteiger partial charge in [-0.2, -0.15) is 5.26 Å². The number of aliphatic hydroxyl groups excluding tert-OH is 1. The zero-order chi connectivity index (χ0) is 12.3. The summed E-state index contributed by atoms with van der Waals surface area (Å²) in [7, 11) is 0. The summed E-state index contributed by atoms with van der Waals surface area (Å²) in [6, 6.07) is 2.43. The Kier molecular flexibility index (Phi) is 4.06. The molecule has 17 heavy (non-hydrogen) atoms. The van der Waals surface area contributed by atoms with Gasteiger partial charge in [-0.25, -0.2) is 0 Å². The largest absolute Gasteiger partial charge is 0.389 e. The molecule has 1 aliphatic carbocycles. The highest BCUT2D eigenvalue weighted by Crippen LogP contribution is 2.45. The highest BCUT2D eigenvalue weighted by molar-refractivity contribution is 5.08. The molecule has 96 valence electrons. The fourth-order valence-electron chi connectivity index (χ4n) is 3.42. The molecule has 2 rings (SSSR count). The number of aliphatic hydroxyl groups is 1. The lowest BCUT2D eigenvalue weighted by atomic mass is 9.65. The summed E-state index contributed by atoms with van der Waals surface area (Å²) < 4.78 is 5.56. The minimum Gasteiger partial charge on any atom is -0.389 e. The highest BCUT2D eigenvalue weighted by atomic mass is 16.5. The smallest absolute Gasteiger partial charge is 0.0987 e. The summed E-state index contributed by atoms with van der Waals surface area (Å²) in [6.45, 7) is 2.91. The van der Waals surface area contributed by atoms with E-state index in [4.69, 9.17) is 4.74 Å². The van der Waals surface area contributed by atoms with Gasteiger partial charge in [0.05, 0.1) is 23.7 Å². The summed E-state index contributed by atoms with van der Waals surface area (Å²) in [6.07, 6.45) is 6.29. The normalized spacial score (nSPS) is 39.8. The zero-order valence-electron chi connectivity index (χ0n) is 10.7. The maximum atomic E-state index is 10.5. The molecule has 0 aromatic rings. The van der Waals surface area contributed by atoms with Crippen LogP contribution in [-0.4, -0.2) is 23.9 Å². The van der Waals surface area contributed by atoms with E-state index in [9.17, 15) is 10.4 Å². The molecule has 1 heterocycles. The van der Waals surface area contributed by atoms with Gasteiger partial charge in [-0.3, -0.25) is 0 Å². The van der Waals surface area contributed by atoms with E-state index in [0.717, 1.165) is 45.1 Å². The molecule has 2 fully saturated rings. The van der Waals surface area contributed by atoms with Crippen molar-refractivity contribution in [2.24, 2.45) is 11.3 Å². The Morgan fingerprint density at radius 2 is 2.29 bits per heavy atom. The van der Waals surface area contributed by atoms with Gasteiger partial charge < -0.3 is 9.84 Å². The van der Waals surface area contributed by atoms with Crippen molar-refractivity contribution < 1.29 is 9.84 Å². The van der Waals surface area contributed by atoms with E-state index in [-0.39, 0.29) is 6.10 Å². The van der Waals surface area contributed by atoms with E-state index in [1.807, 2.05) is 0 Å². The molecule has 4 unspecified atom stereocenters. The number of nitrogens with zero attached hydrogens (tertiary/aromatic N) is 1. The second kappa shape index (κ2) is 5.37. The van der Waals surface area contributed by atoms with Crippen LogP contribution in [0, 0.1) is 22.7 Å². The molecule has 1 N–H and O–H groups in total. The van der Waals surface area contributed by atoms with Crippen LogP contribution in [0.15, 0.2) is 0 Å².